The van der Waals surface area contributed by atoms with E-state index in [1.54, 1.807) is 0 Å². The molecular weight excluding hydrogens is 196 g/mol. The second kappa shape index (κ2) is 6.02. The number of hydrogen-bond donors (Lipinski definition) is 1. The Morgan fingerprint density at radius 3 is 2.31 bits per heavy atom. The summed E-state index contributed by atoms with van der Waals surface area (Å²) in [5.74, 6) is 0. The van der Waals surface area contributed by atoms with Gasteiger partial charge in [-0.05, 0) is 53.0 Å². The number of likely N-dealkylation sites (tertiary alicyclic amines) is 1. The minimum atomic E-state index is 0.412. The van der Waals surface area contributed by atoms with E-state index in [2.05, 4.69) is 44.8 Å². The molecular formula is C14H30N2. The first kappa shape index (κ1) is 14.0. The van der Waals surface area contributed by atoms with Gasteiger partial charge in [0.05, 0.1) is 0 Å². The van der Waals surface area contributed by atoms with Crippen LogP contribution in [0.25, 0.3) is 0 Å². The molecule has 1 rings (SSSR count). The average Bonchev–Trinajstić information content (AvgIpc) is 2.59. The molecule has 1 aliphatic rings. The molecule has 0 amide bonds. The maximum Gasteiger partial charge on any atom is 0.0197 e. The summed E-state index contributed by atoms with van der Waals surface area (Å²) >= 11 is 0. The van der Waals surface area contributed by atoms with Crippen molar-refractivity contribution < 1.29 is 0 Å². The van der Waals surface area contributed by atoms with Crippen molar-refractivity contribution in [2.75, 3.05) is 13.1 Å². The molecule has 1 N–H and O–H groups in total. The van der Waals surface area contributed by atoms with E-state index in [0.717, 1.165) is 6.54 Å². The van der Waals surface area contributed by atoms with E-state index >= 15 is 0 Å². The fourth-order valence-electron chi connectivity index (χ4n) is 2.97. The van der Waals surface area contributed by atoms with Crippen LogP contribution in [-0.4, -0.2) is 35.6 Å². The second-order valence-corrected chi connectivity index (χ2v) is 5.88. The molecule has 1 unspecified atom stereocenters. The van der Waals surface area contributed by atoms with Crippen molar-refractivity contribution in [3.63, 3.8) is 0 Å². The van der Waals surface area contributed by atoms with E-state index in [0.29, 0.717) is 17.6 Å². The second-order valence-electron chi connectivity index (χ2n) is 5.88. The number of nitrogens with one attached hydrogen (secondary N) is 1. The molecule has 1 heterocycles. The third-order valence-corrected chi connectivity index (χ3v) is 4.18. The smallest absolute Gasteiger partial charge is 0.0197 e. The fourth-order valence-corrected chi connectivity index (χ4v) is 2.97. The van der Waals surface area contributed by atoms with Crippen LogP contribution in [0.2, 0.25) is 0 Å². The zero-order valence-electron chi connectivity index (χ0n) is 11.8. The Labute approximate surface area is 102 Å². The van der Waals surface area contributed by atoms with E-state index in [4.69, 9.17) is 0 Å². The Balaban J connectivity index is 2.37. The number of hydrogen-bond acceptors (Lipinski definition) is 2. The summed E-state index contributed by atoms with van der Waals surface area (Å²) in [6, 6.07) is 1.37. The van der Waals surface area contributed by atoms with Crippen LogP contribution >= 0.6 is 0 Å². The van der Waals surface area contributed by atoms with Crippen molar-refractivity contribution in [3.8, 4) is 0 Å². The van der Waals surface area contributed by atoms with E-state index in [1.165, 1.54) is 32.2 Å². The Kier molecular flexibility index (Phi) is 5.26. The van der Waals surface area contributed by atoms with Gasteiger partial charge in [-0.15, -0.1) is 0 Å². The summed E-state index contributed by atoms with van der Waals surface area (Å²) in [5.41, 5.74) is 0.412. The Morgan fingerprint density at radius 1 is 1.25 bits per heavy atom. The van der Waals surface area contributed by atoms with Crippen molar-refractivity contribution in [2.24, 2.45) is 0 Å². The summed E-state index contributed by atoms with van der Waals surface area (Å²) in [6.45, 7) is 14.1. The van der Waals surface area contributed by atoms with Crippen LogP contribution in [0.3, 0.4) is 0 Å². The molecule has 0 aromatic rings. The van der Waals surface area contributed by atoms with Crippen LogP contribution in [0.15, 0.2) is 0 Å². The van der Waals surface area contributed by atoms with Gasteiger partial charge in [-0.25, -0.2) is 0 Å². The van der Waals surface area contributed by atoms with Crippen LogP contribution in [0.1, 0.15) is 60.3 Å². The molecule has 96 valence electrons. The number of nitrogens with zero attached hydrogens (tertiary/aromatic N) is 1. The summed E-state index contributed by atoms with van der Waals surface area (Å²) in [6.07, 6.45) is 5.20. The van der Waals surface area contributed by atoms with E-state index in [-0.39, 0.29) is 0 Å². The molecule has 16 heavy (non-hydrogen) atoms. The third kappa shape index (κ3) is 3.46. The first-order valence-corrected chi connectivity index (χ1v) is 7.01. The van der Waals surface area contributed by atoms with Crippen LogP contribution in [0, 0.1) is 0 Å². The van der Waals surface area contributed by atoms with Gasteiger partial charge in [0.25, 0.3) is 0 Å². The topological polar surface area (TPSA) is 15.3 Å². The molecule has 1 aliphatic heterocycles. The van der Waals surface area contributed by atoms with Gasteiger partial charge in [-0.3, -0.25) is 4.90 Å². The van der Waals surface area contributed by atoms with Gasteiger partial charge in [-0.2, -0.15) is 0 Å². The number of rotatable bonds is 6. The Bertz CT molecular complexity index is 197. The lowest BCUT2D eigenvalue weighted by atomic mass is 10.0. The quantitative estimate of drug-likeness (QED) is 0.749. The minimum absolute atomic E-state index is 0.412. The molecule has 0 radical (unpaired) electrons. The zero-order valence-corrected chi connectivity index (χ0v) is 11.8. The first-order chi connectivity index (χ1) is 7.51. The van der Waals surface area contributed by atoms with E-state index in [1.807, 2.05) is 0 Å². The highest BCUT2D eigenvalue weighted by Gasteiger charge is 2.34. The summed E-state index contributed by atoms with van der Waals surface area (Å²) < 4.78 is 0. The summed E-state index contributed by atoms with van der Waals surface area (Å²) in [7, 11) is 0. The van der Waals surface area contributed by atoms with Gasteiger partial charge in [-0.1, -0.05) is 13.8 Å². The van der Waals surface area contributed by atoms with Crippen LogP contribution < -0.4 is 5.32 Å². The normalized spacial score (nSPS) is 22.9. The molecule has 0 bridgehead atoms. The van der Waals surface area contributed by atoms with Crippen molar-refractivity contribution in [1.82, 2.24) is 10.2 Å². The van der Waals surface area contributed by atoms with Crippen molar-refractivity contribution >= 4 is 0 Å². The van der Waals surface area contributed by atoms with Crippen molar-refractivity contribution in [3.05, 3.63) is 0 Å². The highest BCUT2D eigenvalue weighted by Crippen LogP contribution is 2.29. The third-order valence-electron chi connectivity index (χ3n) is 4.18. The van der Waals surface area contributed by atoms with E-state index in [9.17, 15) is 0 Å². The van der Waals surface area contributed by atoms with Crippen molar-refractivity contribution in [2.45, 2.75) is 77.9 Å². The molecule has 2 heteroatoms. The molecule has 1 fully saturated rings. The maximum absolute atomic E-state index is 3.69. The summed E-state index contributed by atoms with van der Waals surface area (Å²) in [5, 5.41) is 3.69. The van der Waals surface area contributed by atoms with Gasteiger partial charge >= 0.3 is 0 Å². The zero-order chi connectivity index (χ0) is 12.2. The first-order valence-electron chi connectivity index (χ1n) is 7.01. The monoisotopic (exact) mass is 226 g/mol. The predicted molar refractivity (Wildman–Crippen MR) is 71.9 cm³/mol. The molecule has 2 nitrogen and oxygen atoms in total. The standard InChI is InChI=1S/C14H30N2/c1-6-13(7-2)15-11-12(3)16-10-8-9-14(16,4)5/h12-13,15H,6-11H2,1-5H3. The largest absolute Gasteiger partial charge is 0.312 e. The van der Waals surface area contributed by atoms with Gasteiger partial charge in [0.15, 0.2) is 0 Å². The molecule has 0 aromatic heterocycles. The fraction of sp³-hybridized carbons (Fsp3) is 1.00. The molecule has 0 aromatic carbocycles. The highest BCUT2D eigenvalue weighted by atomic mass is 15.2. The van der Waals surface area contributed by atoms with Crippen LogP contribution in [0.5, 0.6) is 0 Å². The minimum Gasteiger partial charge on any atom is -0.312 e. The molecule has 0 saturated carbocycles. The molecule has 0 aliphatic carbocycles. The molecule has 1 atom stereocenters. The molecule has 0 spiro atoms. The summed E-state index contributed by atoms with van der Waals surface area (Å²) in [4.78, 5) is 2.67. The van der Waals surface area contributed by atoms with Gasteiger partial charge < -0.3 is 5.32 Å². The SMILES string of the molecule is CCC(CC)NCC(C)N1CCCC1(C)C. The lowest BCUT2D eigenvalue weighted by Gasteiger charge is -2.37. The lowest BCUT2D eigenvalue weighted by Crippen LogP contribution is -2.49. The van der Waals surface area contributed by atoms with Crippen LogP contribution in [-0.2, 0) is 0 Å². The van der Waals surface area contributed by atoms with Crippen LogP contribution in [0.4, 0.5) is 0 Å². The Hall–Kier alpha value is -0.0800. The molecule has 1 saturated heterocycles. The predicted octanol–water partition coefficient (Wildman–Crippen LogP) is 3.03. The average molecular weight is 226 g/mol. The van der Waals surface area contributed by atoms with Gasteiger partial charge in [0, 0.05) is 24.2 Å². The van der Waals surface area contributed by atoms with Gasteiger partial charge in [0.1, 0.15) is 0 Å². The van der Waals surface area contributed by atoms with Crippen molar-refractivity contribution in [1.29, 1.82) is 0 Å². The van der Waals surface area contributed by atoms with E-state index < -0.39 is 0 Å². The van der Waals surface area contributed by atoms with Gasteiger partial charge in [0.2, 0.25) is 0 Å². The highest BCUT2D eigenvalue weighted by molar-refractivity contribution is 4.91. The Morgan fingerprint density at radius 2 is 1.88 bits per heavy atom. The maximum atomic E-state index is 3.69. The lowest BCUT2D eigenvalue weighted by molar-refractivity contribution is 0.121.